The van der Waals surface area contributed by atoms with Crippen LogP contribution in [0.1, 0.15) is 62.8 Å². The molecule has 0 bridgehead atoms. The predicted octanol–water partition coefficient (Wildman–Crippen LogP) is 7.40. The second-order valence-electron chi connectivity index (χ2n) is 8.23. The lowest BCUT2D eigenvalue weighted by Gasteiger charge is -2.28. The van der Waals surface area contributed by atoms with Crippen LogP contribution in [-0.4, -0.2) is 0 Å². The summed E-state index contributed by atoms with van der Waals surface area (Å²) in [6.45, 7) is 0. The van der Waals surface area contributed by atoms with Crippen LogP contribution in [0.15, 0.2) is 60.5 Å². The molecule has 0 unspecified atom stereocenters. The summed E-state index contributed by atoms with van der Waals surface area (Å²) < 4.78 is 25.9. The molecule has 3 heteroatoms. The first-order chi connectivity index (χ1) is 13.6. The highest BCUT2D eigenvalue weighted by Crippen LogP contribution is 2.37. The van der Waals surface area contributed by atoms with Crippen molar-refractivity contribution in [2.24, 2.45) is 17.8 Å². The number of halogens is 2. The van der Waals surface area contributed by atoms with Gasteiger partial charge in [-0.1, -0.05) is 36.4 Å². The number of hydrogen-bond donors (Lipinski definition) is 0. The summed E-state index contributed by atoms with van der Waals surface area (Å²) in [4.78, 5) is 0. The van der Waals surface area contributed by atoms with Gasteiger partial charge in [0, 0.05) is 0 Å². The Labute approximate surface area is 167 Å². The zero-order valence-corrected chi connectivity index (χ0v) is 16.4. The van der Waals surface area contributed by atoms with Crippen LogP contribution in [0.2, 0.25) is 0 Å². The molecule has 0 atom stereocenters. The van der Waals surface area contributed by atoms with Gasteiger partial charge in [0.2, 0.25) is 0 Å². The van der Waals surface area contributed by atoms with Crippen molar-refractivity contribution < 1.29 is 8.78 Å². The maximum atomic E-state index is 13.1. The summed E-state index contributed by atoms with van der Waals surface area (Å²) in [6, 6.07) is 8.51. The first-order valence-electron chi connectivity index (χ1n) is 10.5. The van der Waals surface area contributed by atoms with Crippen molar-refractivity contribution in [3.8, 4) is 6.07 Å². The fraction of sp³-hybridized carbons (Fsp3) is 0.480. The highest BCUT2D eigenvalue weighted by Gasteiger charge is 2.22. The number of allylic oxidation sites excluding steroid dienone is 6. The lowest BCUT2D eigenvalue weighted by atomic mass is 9.77. The largest absolute Gasteiger partial charge is 0.207 e. The standard InChI is InChI=1S/C25H29F2N/c26-24-16-14-23(15-17-24)22-12-10-21(11-13-22)9-8-20-6-4-19(5-7-20)2-1-3-25(27)18-28/h1-3,8-9,14-17,19-22H,4-7,10-13H2. The Kier molecular flexibility index (Phi) is 7.60. The van der Waals surface area contributed by atoms with Crippen molar-refractivity contribution in [2.75, 3.05) is 0 Å². The van der Waals surface area contributed by atoms with Crippen LogP contribution in [-0.2, 0) is 0 Å². The maximum absolute atomic E-state index is 13.1. The number of nitriles is 1. The predicted molar refractivity (Wildman–Crippen MR) is 110 cm³/mol. The molecule has 0 aromatic heterocycles. The molecule has 0 radical (unpaired) electrons. The number of nitrogens with zero attached hydrogens (tertiary/aromatic N) is 1. The topological polar surface area (TPSA) is 23.8 Å². The average molecular weight is 382 g/mol. The van der Waals surface area contributed by atoms with E-state index in [4.69, 9.17) is 5.26 Å². The Morgan fingerprint density at radius 2 is 1.32 bits per heavy atom. The molecule has 0 N–H and O–H groups in total. The number of rotatable bonds is 5. The summed E-state index contributed by atoms with van der Waals surface area (Å²) in [5, 5.41) is 8.41. The van der Waals surface area contributed by atoms with Crippen LogP contribution < -0.4 is 0 Å². The molecule has 0 heterocycles. The van der Waals surface area contributed by atoms with E-state index in [0.717, 1.165) is 12.8 Å². The first-order valence-corrected chi connectivity index (χ1v) is 10.5. The van der Waals surface area contributed by atoms with Gasteiger partial charge in [-0.05, 0) is 98.8 Å². The Morgan fingerprint density at radius 3 is 1.86 bits per heavy atom. The van der Waals surface area contributed by atoms with Crippen molar-refractivity contribution in [1.29, 1.82) is 5.26 Å². The van der Waals surface area contributed by atoms with Crippen LogP contribution >= 0.6 is 0 Å². The molecule has 0 saturated heterocycles. The van der Waals surface area contributed by atoms with E-state index in [1.165, 1.54) is 56.2 Å². The number of benzene rings is 1. The van der Waals surface area contributed by atoms with E-state index in [-0.39, 0.29) is 5.82 Å². The maximum Gasteiger partial charge on any atom is 0.199 e. The quantitative estimate of drug-likeness (QED) is 0.296. The minimum atomic E-state index is -0.734. The monoisotopic (exact) mass is 381 g/mol. The smallest absolute Gasteiger partial charge is 0.199 e. The summed E-state index contributed by atoms with van der Waals surface area (Å²) in [7, 11) is 0. The van der Waals surface area contributed by atoms with Gasteiger partial charge in [0.15, 0.2) is 5.83 Å². The molecule has 0 amide bonds. The van der Waals surface area contributed by atoms with Crippen molar-refractivity contribution >= 4 is 0 Å². The molecule has 3 rings (SSSR count). The van der Waals surface area contributed by atoms with E-state index in [9.17, 15) is 8.78 Å². The highest BCUT2D eigenvalue weighted by molar-refractivity contribution is 5.21. The van der Waals surface area contributed by atoms with Crippen molar-refractivity contribution in [2.45, 2.75) is 57.3 Å². The van der Waals surface area contributed by atoms with Gasteiger partial charge >= 0.3 is 0 Å². The van der Waals surface area contributed by atoms with Crippen molar-refractivity contribution in [3.63, 3.8) is 0 Å². The van der Waals surface area contributed by atoms with Crippen LogP contribution in [0.3, 0.4) is 0 Å². The van der Waals surface area contributed by atoms with E-state index < -0.39 is 5.83 Å². The molecule has 0 spiro atoms. The fourth-order valence-electron chi connectivity index (χ4n) is 4.56. The Morgan fingerprint density at radius 1 is 0.821 bits per heavy atom. The molecule has 2 aliphatic rings. The molecule has 1 nitrogen and oxygen atoms in total. The van der Waals surface area contributed by atoms with Crippen molar-refractivity contribution in [1.82, 2.24) is 0 Å². The zero-order chi connectivity index (χ0) is 19.8. The van der Waals surface area contributed by atoms with E-state index in [2.05, 4.69) is 12.2 Å². The summed E-state index contributed by atoms with van der Waals surface area (Å²) in [5.74, 6) is 1.52. The zero-order valence-electron chi connectivity index (χ0n) is 16.4. The molecule has 1 aromatic carbocycles. The Bertz CT molecular complexity index is 738. The fourth-order valence-corrected chi connectivity index (χ4v) is 4.56. The van der Waals surface area contributed by atoms with Crippen LogP contribution in [0, 0.1) is 34.9 Å². The second-order valence-corrected chi connectivity index (χ2v) is 8.23. The molecular formula is C25H29F2N. The SMILES string of the molecule is N#CC(F)=CC=CC1CCC(C=CC2CCC(c3ccc(F)cc3)CC2)CC1. The average Bonchev–Trinajstić information content (AvgIpc) is 2.74. The molecule has 2 aliphatic carbocycles. The third kappa shape index (κ3) is 6.16. The highest BCUT2D eigenvalue weighted by atomic mass is 19.1. The van der Waals surface area contributed by atoms with E-state index in [0.29, 0.717) is 23.7 Å². The lowest BCUT2D eigenvalue weighted by Crippen LogP contribution is -2.14. The van der Waals surface area contributed by atoms with Crippen LogP contribution in [0.25, 0.3) is 0 Å². The van der Waals surface area contributed by atoms with Gasteiger partial charge in [-0.2, -0.15) is 9.65 Å². The summed E-state index contributed by atoms with van der Waals surface area (Å²) in [6.07, 6.45) is 19.2. The van der Waals surface area contributed by atoms with Gasteiger partial charge in [-0.15, -0.1) is 0 Å². The van der Waals surface area contributed by atoms with Gasteiger partial charge in [0.1, 0.15) is 11.9 Å². The third-order valence-electron chi connectivity index (χ3n) is 6.32. The molecule has 28 heavy (non-hydrogen) atoms. The van der Waals surface area contributed by atoms with Gasteiger partial charge in [0.25, 0.3) is 0 Å². The third-order valence-corrected chi connectivity index (χ3v) is 6.32. The molecule has 0 aliphatic heterocycles. The van der Waals surface area contributed by atoms with E-state index in [1.54, 1.807) is 18.2 Å². The van der Waals surface area contributed by atoms with Gasteiger partial charge < -0.3 is 0 Å². The lowest BCUT2D eigenvalue weighted by molar-refractivity contribution is 0.348. The molecule has 148 valence electrons. The van der Waals surface area contributed by atoms with E-state index in [1.807, 2.05) is 18.2 Å². The normalized spacial score (nSPS) is 29.2. The molecular weight excluding hydrogens is 352 g/mol. The minimum absolute atomic E-state index is 0.156. The Hall–Kier alpha value is -2.21. The molecule has 2 saturated carbocycles. The molecule has 2 fully saturated rings. The van der Waals surface area contributed by atoms with Crippen LogP contribution in [0.4, 0.5) is 8.78 Å². The first kappa shape index (κ1) is 20.5. The van der Waals surface area contributed by atoms with Crippen molar-refractivity contribution in [3.05, 3.63) is 71.9 Å². The summed E-state index contributed by atoms with van der Waals surface area (Å²) in [5.41, 5.74) is 1.28. The number of hydrogen-bond acceptors (Lipinski definition) is 1. The Balaban J connectivity index is 1.39. The van der Waals surface area contributed by atoms with Gasteiger partial charge in [0.05, 0.1) is 0 Å². The van der Waals surface area contributed by atoms with Gasteiger partial charge in [-0.3, -0.25) is 0 Å². The van der Waals surface area contributed by atoms with E-state index >= 15 is 0 Å². The van der Waals surface area contributed by atoms with Gasteiger partial charge in [-0.25, -0.2) is 4.39 Å². The summed E-state index contributed by atoms with van der Waals surface area (Å²) >= 11 is 0. The minimum Gasteiger partial charge on any atom is -0.207 e. The molecule has 1 aromatic rings. The van der Waals surface area contributed by atoms with Crippen LogP contribution in [0.5, 0.6) is 0 Å². The second kappa shape index (κ2) is 10.4.